The normalized spacial score (nSPS) is 17.7. The minimum Gasteiger partial charge on any atom is -0.314 e. The lowest BCUT2D eigenvalue weighted by atomic mass is 10.3. The minimum absolute atomic E-state index is 0.000680. The van der Waals surface area contributed by atoms with Crippen LogP contribution in [0.25, 0.3) is 6.20 Å². The van der Waals surface area contributed by atoms with E-state index in [2.05, 4.69) is 26.1 Å². The maximum Gasteiger partial charge on any atom is 0.285 e. The van der Waals surface area contributed by atoms with E-state index in [0.717, 1.165) is 38.4 Å². The number of aromatic nitrogens is 2. The van der Waals surface area contributed by atoms with Crippen LogP contribution in [0.1, 0.15) is 12.6 Å². The summed E-state index contributed by atoms with van der Waals surface area (Å²) in [6.07, 6.45) is 3.65. The molecule has 0 radical (unpaired) electrons. The first kappa shape index (κ1) is 13.6. The molecule has 0 aliphatic carbocycles. The van der Waals surface area contributed by atoms with Crippen LogP contribution >= 0.6 is 15.9 Å². The molecule has 0 aromatic carbocycles. The Labute approximate surface area is 115 Å². The summed E-state index contributed by atoms with van der Waals surface area (Å²) >= 11 is 3.42. The van der Waals surface area contributed by atoms with Crippen LogP contribution in [0.4, 0.5) is 0 Å². The molecular formula is C12H19BrN4O. The van der Waals surface area contributed by atoms with Crippen LogP contribution in [0.2, 0.25) is 0 Å². The summed E-state index contributed by atoms with van der Waals surface area (Å²) in [4.78, 5) is 14.4. The second kappa shape index (κ2) is 5.86. The lowest BCUT2D eigenvalue weighted by Gasteiger charge is -2.27. The van der Waals surface area contributed by atoms with Crippen molar-refractivity contribution < 1.29 is 0 Å². The molecule has 0 bridgehead atoms. The topological polar surface area (TPSA) is 42.2 Å². The predicted molar refractivity (Wildman–Crippen MR) is 76.5 cm³/mol. The van der Waals surface area contributed by atoms with Crippen LogP contribution in [-0.2, 0) is 13.6 Å². The zero-order chi connectivity index (χ0) is 13.1. The Bertz CT molecular complexity index is 497. The first-order chi connectivity index (χ1) is 8.65. The Morgan fingerprint density at radius 3 is 2.67 bits per heavy atom. The Balaban J connectivity index is 2.27. The van der Waals surface area contributed by atoms with E-state index in [9.17, 15) is 4.79 Å². The Morgan fingerprint density at radius 2 is 2.06 bits per heavy atom. The van der Waals surface area contributed by atoms with Crippen molar-refractivity contribution in [3.8, 4) is 0 Å². The van der Waals surface area contributed by atoms with Gasteiger partial charge in [-0.1, -0.05) is 6.08 Å². The number of halogens is 1. The maximum atomic E-state index is 12.1. The minimum atomic E-state index is 0.000680. The van der Waals surface area contributed by atoms with Crippen molar-refractivity contribution in [3.63, 3.8) is 0 Å². The molecular weight excluding hydrogens is 296 g/mol. The first-order valence-corrected chi connectivity index (χ1v) is 6.96. The van der Waals surface area contributed by atoms with Gasteiger partial charge in [0.05, 0.1) is 5.69 Å². The molecule has 6 heteroatoms. The molecule has 1 aliphatic rings. The SMILES string of the molecule is C/C=C/n1c(=O)c(Br)c(CN2CCNCC2)n1C. The second-order valence-electron chi connectivity index (χ2n) is 4.44. The summed E-state index contributed by atoms with van der Waals surface area (Å²) in [7, 11) is 1.92. The molecule has 1 fully saturated rings. The molecule has 100 valence electrons. The van der Waals surface area contributed by atoms with Crippen LogP contribution in [0.15, 0.2) is 15.3 Å². The van der Waals surface area contributed by atoms with E-state index in [0.29, 0.717) is 4.47 Å². The quantitative estimate of drug-likeness (QED) is 0.899. The fourth-order valence-corrected chi connectivity index (χ4v) is 2.76. The van der Waals surface area contributed by atoms with E-state index in [4.69, 9.17) is 0 Å². The molecule has 0 atom stereocenters. The van der Waals surface area contributed by atoms with Gasteiger partial charge in [-0.05, 0) is 22.9 Å². The van der Waals surface area contributed by atoms with Gasteiger partial charge in [0, 0.05) is 46.0 Å². The number of hydrogen-bond acceptors (Lipinski definition) is 3. The maximum absolute atomic E-state index is 12.1. The van der Waals surface area contributed by atoms with Gasteiger partial charge < -0.3 is 5.32 Å². The fraction of sp³-hybridized carbons (Fsp3) is 0.583. The molecule has 2 rings (SSSR count). The highest BCUT2D eigenvalue weighted by atomic mass is 79.9. The van der Waals surface area contributed by atoms with Crippen molar-refractivity contribution in [2.24, 2.45) is 7.05 Å². The number of rotatable bonds is 3. The van der Waals surface area contributed by atoms with Gasteiger partial charge in [-0.25, -0.2) is 4.68 Å². The average Bonchev–Trinajstić information content (AvgIpc) is 2.58. The zero-order valence-electron chi connectivity index (χ0n) is 10.8. The standard InChI is InChI=1S/C12H19BrN4O/c1-3-6-17-12(18)11(13)10(15(17)2)9-16-7-4-14-5-8-16/h3,6,14H,4-5,7-9H2,1-2H3/b6-3+. The van der Waals surface area contributed by atoms with Gasteiger partial charge in [0.2, 0.25) is 0 Å². The molecule has 1 saturated heterocycles. The van der Waals surface area contributed by atoms with Crippen molar-refractivity contribution in [1.82, 2.24) is 19.6 Å². The summed E-state index contributed by atoms with van der Waals surface area (Å²) < 4.78 is 4.21. The van der Waals surface area contributed by atoms with Crippen LogP contribution in [0, 0.1) is 0 Å². The lowest BCUT2D eigenvalue weighted by Crippen LogP contribution is -2.43. The van der Waals surface area contributed by atoms with Crippen molar-refractivity contribution in [1.29, 1.82) is 0 Å². The molecule has 5 nitrogen and oxygen atoms in total. The Hall–Kier alpha value is -0.850. The summed E-state index contributed by atoms with van der Waals surface area (Å²) in [6.45, 7) is 6.79. The molecule has 0 unspecified atom stereocenters. The van der Waals surface area contributed by atoms with Gasteiger partial charge in [-0.3, -0.25) is 14.4 Å². The highest BCUT2D eigenvalue weighted by molar-refractivity contribution is 9.10. The summed E-state index contributed by atoms with van der Waals surface area (Å²) in [6, 6.07) is 0. The largest absolute Gasteiger partial charge is 0.314 e. The molecule has 1 N–H and O–H groups in total. The third kappa shape index (κ3) is 2.60. The summed E-state index contributed by atoms with van der Waals surface area (Å²) in [5.74, 6) is 0. The van der Waals surface area contributed by atoms with Gasteiger partial charge in [0.25, 0.3) is 5.56 Å². The molecule has 2 heterocycles. The number of allylic oxidation sites excluding steroid dienone is 1. The van der Waals surface area contributed by atoms with Crippen molar-refractivity contribution in [2.75, 3.05) is 26.2 Å². The highest BCUT2D eigenvalue weighted by Crippen LogP contribution is 2.15. The van der Waals surface area contributed by atoms with Gasteiger partial charge in [-0.15, -0.1) is 0 Å². The molecule has 1 aliphatic heterocycles. The molecule has 0 spiro atoms. The predicted octanol–water partition coefficient (Wildman–Crippen LogP) is 0.845. The molecule has 1 aromatic heterocycles. The average molecular weight is 315 g/mol. The molecule has 0 saturated carbocycles. The fourth-order valence-electron chi connectivity index (χ4n) is 2.19. The van der Waals surface area contributed by atoms with E-state index in [1.54, 1.807) is 10.9 Å². The summed E-state index contributed by atoms with van der Waals surface area (Å²) in [5, 5.41) is 3.33. The number of piperazine rings is 1. The molecule has 18 heavy (non-hydrogen) atoms. The van der Waals surface area contributed by atoms with E-state index < -0.39 is 0 Å². The van der Waals surface area contributed by atoms with Crippen LogP contribution in [-0.4, -0.2) is 40.4 Å². The van der Waals surface area contributed by atoms with Crippen molar-refractivity contribution in [3.05, 3.63) is 26.6 Å². The monoisotopic (exact) mass is 314 g/mol. The van der Waals surface area contributed by atoms with Gasteiger partial charge in [0.1, 0.15) is 4.47 Å². The lowest BCUT2D eigenvalue weighted by molar-refractivity contribution is 0.227. The van der Waals surface area contributed by atoms with E-state index in [1.165, 1.54) is 0 Å². The Kier molecular flexibility index (Phi) is 4.42. The van der Waals surface area contributed by atoms with Crippen LogP contribution in [0.3, 0.4) is 0 Å². The number of nitrogens with one attached hydrogen (secondary N) is 1. The highest BCUT2D eigenvalue weighted by Gasteiger charge is 2.18. The van der Waals surface area contributed by atoms with E-state index in [-0.39, 0.29) is 5.56 Å². The van der Waals surface area contributed by atoms with Crippen molar-refractivity contribution in [2.45, 2.75) is 13.5 Å². The van der Waals surface area contributed by atoms with E-state index >= 15 is 0 Å². The van der Waals surface area contributed by atoms with Crippen LogP contribution in [0.5, 0.6) is 0 Å². The first-order valence-electron chi connectivity index (χ1n) is 6.17. The van der Waals surface area contributed by atoms with E-state index in [1.807, 2.05) is 24.7 Å². The molecule has 0 amide bonds. The van der Waals surface area contributed by atoms with Gasteiger partial charge >= 0.3 is 0 Å². The van der Waals surface area contributed by atoms with Crippen LogP contribution < -0.4 is 10.9 Å². The third-order valence-corrected chi connectivity index (χ3v) is 4.03. The van der Waals surface area contributed by atoms with Gasteiger partial charge in [-0.2, -0.15) is 0 Å². The Morgan fingerprint density at radius 1 is 1.39 bits per heavy atom. The number of nitrogens with zero attached hydrogens (tertiary/aromatic N) is 3. The number of hydrogen-bond donors (Lipinski definition) is 1. The summed E-state index contributed by atoms with van der Waals surface area (Å²) in [5.41, 5.74) is 1.03. The second-order valence-corrected chi connectivity index (χ2v) is 5.24. The zero-order valence-corrected chi connectivity index (χ0v) is 12.4. The third-order valence-electron chi connectivity index (χ3n) is 3.24. The van der Waals surface area contributed by atoms with Gasteiger partial charge in [0.15, 0.2) is 0 Å². The van der Waals surface area contributed by atoms with Crippen molar-refractivity contribution >= 4 is 22.1 Å². The molecule has 1 aromatic rings. The smallest absolute Gasteiger partial charge is 0.285 e.